The summed E-state index contributed by atoms with van der Waals surface area (Å²) in [5.41, 5.74) is 0.241. The number of hydrogen-bond acceptors (Lipinski definition) is 3. The molecule has 2 rings (SSSR count). The lowest BCUT2D eigenvalue weighted by Gasteiger charge is -2.29. The lowest BCUT2D eigenvalue weighted by atomic mass is 9.91. The number of aromatic nitrogens is 1. The fourth-order valence-electron chi connectivity index (χ4n) is 1.45. The standard InChI is InChI=1S/C9H10BNO2/c1-9(12)2-3-13-7-4-6(10)5-11-8(7)9/h4-5,12H,2-3H2,1H3. The highest BCUT2D eigenvalue weighted by atomic mass is 16.5. The summed E-state index contributed by atoms with van der Waals surface area (Å²) in [6.07, 6.45) is 2.10. The zero-order valence-electron chi connectivity index (χ0n) is 7.45. The van der Waals surface area contributed by atoms with Gasteiger partial charge in [0.15, 0.2) is 0 Å². The van der Waals surface area contributed by atoms with Crippen molar-refractivity contribution in [1.29, 1.82) is 0 Å². The molecular weight excluding hydrogens is 165 g/mol. The summed E-state index contributed by atoms with van der Waals surface area (Å²) in [5, 5.41) is 9.93. The topological polar surface area (TPSA) is 42.4 Å². The van der Waals surface area contributed by atoms with Gasteiger partial charge in [-0.1, -0.05) is 5.46 Å². The third-order valence-corrected chi connectivity index (χ3v) is 2.23. The molecule has 1 aromatic rings. The van der Waals surface area contributed by atoms with Gasteiger partial charge in [-0.05, 0) is 13.0 Å². The molecule has 0 saturated heterocycles. The van der Waals surface area contributed by atoms with Crippen LogP contribution in [-0.2, 0) is 5.60 Å². The molecule has 1 atom stereocenters. The highest BCUT2D eigenvalue weighted by molar-refractivity contribution is 6.32. The van der Waals surface area contributed by atoms with Gasteiger partial charge in [0.05, 0.1) is 6.61 Å². The molecule has 0 aliphatic carbocycles. The predicted octanol–water partition coefficient (Wildman–Crippen LogP) is -0.135. The summed E-state index contributed by atoms with van der Waals surface area (Å²) in [4.78, 5) is 4.07. The Labute approximate surface area is 78.2 Å². The zero-order valence-corrected chi connectivity index (χ0v) is 7.45. The first-order valence-corrected chi connectivity index (χ1v) is 4.21. The first-order valence-electron chi connectivity index (χ1n) is 4.21. The fourth-order valence-corrected chi connectivity index (χ4v) is 1.45. The molecular formula is C9H10BNO2. The van der Waals surface area contributed by atoms with E-state index in [9.17, 15) is 5.11 Å². The number of aliphatic hydroxyl groups is 1. The average Bonchev–Trinajstić information content (AvgIpc) is 2.02. The molecule has 1 aliphatic rings. The maximum atomic E-state index is 9.93. The monoisotopic (exact) mass is 175 g/mol. The molecule has 0 saturated carbocycles. The molecule has 0 spiro atoms. The van der Waals surface area contributed by atoms with Crippen molar-refractivity contribution in [3.05, 3.63) is 18.0 Å². The fraction of sp³-hybridized carbons (Fsp3) is 0.444. The summed E-state index contributed by atoms with van der Waals surface area (Å²) in [6, 6.07) is 1.69. The van der Waals surface area contributed by atoms with Crippen LogP contribution in [0.1, 0.15) is 19.0 Å². The Balaban J connectivity index is 2.53. The number of ether oxygens (including phenoxy) is 1. The summed E-state index contributed by atoms with van der Waals surface area (Å²) >= 11 is 0. The van der Waals surface area contributed by atoms with Gasteiger partial charge >= 0.3 is 0 Å². The molecule has 0 fully saturated rings. The van der Waals surface area contributed by atoms with Crippen LogP contribution in [0.5, 0.6) is 5.75 Å². The van der Waals surface area contributed by atoms with Crippen molar-refractivity contribution in [3.8, 4) is 5.75 Å². The van der Waals surface area contributed by atoms with Gasteiger partial charge in [-0.25, -0.2) is 0 Å². The number of nitrogens with zero attached hydrogens (tertiary/aromatic N) is 1. The second-order valence-electron chi connectivity index (χ2n) is 3.49. The van der Waals surface area contributed by atoms with E-state index in [-0.39, 0.29) is 0 Å². The summed E-state index contributed by atoms with van der Waals surface area (Å²) < 4.78 is 5.34. The van der Waals surface area contributed by atoms with Crippen molar-refractivity contribution in [3.63, 3.8) is 0 Å². The maximum Gasteiger partial charge on any atom is 0.143 e. The van der Waals surface area contributed by atoms with Gasteiger partial charge < -0.3 is 9.84 Å². The van der Waals surface area contributed by atoms with E-state index in [1.165, 1.54) is 6.20 Å². The molecule has 2 heterocycles. The molecule has 1 N–H and O–H groups in total. The lowest BCUT2D eigenvalue weighted by molar-refractivity contribution is 0.0100. The minimum atomic E-state index is -0.888. The van der Waals surface area contributed by atoms with E-state index in [2.05, 4.69) is 4.98 Å². The SMILES string of the molecule is [B]c1cnc2c(c1)OCCC2(C)O. The van der Waals surface area contributed by atoms with E-state index in [0.29, 0.717) is 29.9 Å². The molecule has 66 valence electrons. The number of pyridine rings is 1. The summed E-state index contributed by atoms with van der Waals surface area (Å²) in [6.45, 7) is 2.24. The van der Waals surface area contributed by atoms with Crippen molar-refractivity contribution in [2.75, 3.05) is 6.61 Å². The van der Waals surface area contributed by atoms with Crippen molar-refractivity contribution in [2.45, 2.75) is 18.9 Å². The highest BCUT2D eigenvalue weighted by Gasteiger charge is 2.32. The van der Waals surface area contributed by atoms with Gasteiger partial charge in [-0.3, -0.25) is 4.98 Å². The van der Waals surface area contributed by atoms with Crippen molar-refractivity contribution in [2.24, 2.45) is 0 Å². The Bertz CT molecular complexity index is 338. The number of rotatable bonds is 0. The minimum absolute atomic E-state index is 0.505. The van der Waals surface area contributed by atoms with Gasteiger partial charge in [0.25, 0.3) is 0 Å². The zero-order chi connectivity index (χ0) is 9.47. The normalized spacial score (nSPS) is 26.3. The predicted molar refractivity (Wildman–Crippen MR) is 49.3 cm³/mol. The Morgan fingerprint density at radius 1 is 1.69 bits per heavy atom. The van der Waals surface area contributed by atoms with E-state index in [1.54, 1.807) is 13.0 Å². The Morgan fingerprint density at radius 2 is 2.46 bits per heavy atom. The van der Waals surface area contributed by atoms with Crippen LogP contribution in [0.25, 0.3) is 0 Å². The van der Waals surface area contributed by atoms with E-state index in [4.69, 9.17) is 12.6 Å². The molecule has 2 radical (unpaired) electrons. The molecule has 13 heavy (non-hydrogen) atoms. The van der Waals surface area contributed by atoms with Crippen LogP contribution in [0.2, 0.25) is 0 Å². The largest absolute Gasteiger partial charge is 0.491 e. The number of hydrogen-bond donors (Lipinski definition) is 1. The molecule has 0 amide bonds. The molecule has 1 aliphatic heterocycles. The van der Waals surface area contributed by atoms with Crippen LogP contribution >= 0.6 is 0 Å². The molecule has 0 aromatic carbocycles. The lowest BCUT2D eigenvalue weighted by Crippen LogP contribution is -2.31. The van der Waals surface area contributed by atoms with Crippen LogP contribution in [0.3, 0.4) is 0 Å². The number of fused-ring (bicyclic) bond motifs is 1. The molecule has 0 bridgehead atoms. The quantitative estimate of drug-likeness (QED) is 0.558. The first-order chi connectivity index (χ1) is 6.09. The molecule has 3 nitrogen and oxygen atoms in total. The van der Waals surface area contributed by atoms with Gasteiger partial charge in [-0.15, -0.1) is 0 Å². The minimum Gasteiger partial charge on any atom is -0.491 e. The van der Waals surface area contributed by atoms with Crippen LogP contribution in [0, 0.1) is 0 Å². The second-order valence-corrected chi connectivity index (χ2v) is 3.49. The summed E-state index contributed by atoms with van der Waals surface area (Å²) in [5.74, 6) is 0.594. The van der Waals surface area contributed by atoms with Crippen LogP contribution in [0.4, 0.5) is 0 Å². The highest BCUT2D eigenvalue weighted by Crippen LogP contribution is 2.33. The van der Waals surface area contributed by atoms with Gasteiger partial charge in [0.1, 0.15) is 24.9 Å². The summed E-state index contributed by atoms with van der Waals surface area (Å²) in [7, 11) is 5.55. The third kappa shape index (κ3) is 1.42. The third-order valence-electron chi connectivity index (χ3n) is 2.23. The van der Waals surface area contributed by atoms with Crippen LogP contribution in [-0.4, -0.2) is 24.5 Å². The van der Waals surface area contributed by atoms with Gasteiger partial charge in [0, 0.05) is 12.6 Å². The Kier molecular flexibility index (Phi) is 1.80. The van der Waals surface area contributed by atoms with E-state index >= 15 is 0 Å². The second kappa shape index (κ2) is 2.74. The maximum absolute atomic E-state index is 9.93. The van der Waals surface area contributed by atoms with Gasteiger partial charge in [0.2, 0.25) is 0 Å². The van der Waals surface area contributed by atoms with Crippen molar-refractivity contribution < 1.29 is 9.84 Å². The Hall–Kier alpha value is -1.03. The molecule has 1 unspecified atom stereocenters. The van der Waals surface area contributed by atoms with Crippen molar-refractivity contribution in [1.82, 2.24) is 4.98 Å². The average molecular weight is 175 g/mol. The molecule has 4 heteroatoms. The van der Waals surface area contributed by atoms with E-state index < -0.39 is 5.60 Å². The van der Waals surface area contributed by atoms with Crippen molar-refractivity contribution >= 4 is 13.3 Å². The van der Waals surface area contributed by atoms with E-state index in [0.717, 1.165) is 0 Å². The van der Waals surface area contributed by atoms with Gasteiger partial charge in [-0.2, -0.15) is 0 Å². The first kappa shape index (κ1) is 8.57. The Morgan fingerprint density at radius 3 is 3.23 bits per heavy atom. The van der Waals surface area contributed by atoms with E-state index in [1.807, 2.05) is 0 Å². The smallest absolute Gasteiger partial charge is 0.143 e. The van der Waals surface area contributed by atoms with Crippen LogP contribution < -0.4 is 10.2 Å². The molecule has 1 aromatic heterocycles. The van der Waals surface area contributed by atoms with Crippen LogP contribution in [0.15, 0.2) is 12.3 Å².